The number of benzene rings is 1. The average Bonchev–Trinajstić information content (AvgIpc) is 2.46. The molecule has 2 atom stereocenters. The van der Waals surface area contributed by atoms with Crippen molar-refractivity contribution in [2.75, 3.05) is 6.54 Å². The summed E-state index contributed by atoms with van der Waals surface area (Å²) in [5, 5.41) is 14.0. The zero-order valence-corrected chi connectivity index (χ0v) is 14.0. The fourth-order valence-electron chi connectivity index (χ4n) is 5.87. The van der Waals surface area contributed by atoms with Crippen LogP contribution in [0.1, 0.15) is 49.7 Å². The molecule has 0 heterocycles. The number of aryl methyl sites for hydroxylation is 1. The summed E-state index contributed by atoms with van der Waals surface area (Å²) in [5.74, 6) is 1.31. The van der Waals surface area contributed by atoms with Gasteiger partial charge in [0.25, 0.3) is 0 Å². The monoisotopic (exact) mass is 313 g/mol. The van der Waals surface area contributed by atoms with Gasteiger partial charge in [-0.2, -0.15) is 0 Å². The molecule has 4 fully saturated rings. The number of hydrogen-bond acceptors (Lipinski definition) is 2. The number of nitrogens with one attached hydrogen (secondary N) is 1. The predicted molar refractivity (Wildman–Crippen MR) is 90.0 cm³/mol. The van der Waals surface area contributed by atoms with Crippen LogP contribution >= 0.6 is 0 Å². The van der Waals surface area contributed by atoms with Gasteiger partial charge in [0.15, 0.2) is 0 Å². The van der Waals surface area contributed by atoms with E-state index in [0.717, 1.165) is 32.1 Å². The molecule has 3 heteroatoms. The second-order valence-corrected chi connectivity index (χ2v) is 8.40. The first-order valence-electron chi connectivity index (χ1n) is 9.03. The van der Waals surface area contributed by atoms with Gasteiger partial charge in [-0.15, -0.1) is 0 Å². The smallest absolute Gasteiger partial charge is 0.226 e. The Bertz CT molecular complexity index is 610. The molecule has 4 bridgehead atoms. The third-order valence-electron chi connectivity index (χ3n) is 6.45. The summed E-state index contributed by atoms with van der Waals surface area (Å²) < 4.78 is 0. The lowest BCUT2D eigenvalue weighted by molar-refractivity contribution is -0.178. The molecule has 4 aliphatic rings. The van der Waals surface area contributed by atoms with Crippen LogP contribution in [0.15, 0.2) is 24.3 Å². The molecule has 1 aromatic carbocycles. The Labute approximate surface area is 138 Å². The second-order valence-electron chi connectivity index (χ2n) is 8.40. The first-order chi connectivity index (χ1) is 11.0. The third kappa shape index (κ3) is 2.69. The fourth-order valence-corrected chi connectivity index (χ4v) is 5.87. The van der Waals surface area contributed by atoms with Crippen molar-refractivity contribution in [2.24, 2.45) is 17.3 Å². The zero-order chi connectivity index (χ0) is 16.1. The van der Waals surface area contributed by atoms with Crippen molar-refractivity contribution in [2.45, 2.75) is 57.5 Å². The maximum atomic E-state index is 12.9. The lowest BCUT2D eigenvalue weighted by Gasteiger charge is -2.59. The first-order valence-corrected chi connectivity index (χ1v) is 9.03. The van der Waals surface area contributed by atoms with E-state index in [1.54, 1.807) is 0 Å². The molecular weight excluding hydrogens is 286 g/mol. The molecule has 1 aromatic rings. The average molecular weight is 313 g/mol. The maximum Gasteiger partial charge on any atom is 0.226 e. The van der Waals surface area contributed by atoms with E-state index in [1.807, 2.05) is 6.07 Å². The Morgan fingerprint density at radius 1 is 1.22 bits per heavy atom. The van der Waals surface area contributed by atoms with Crippen LogP contribution in [0.2, 0.25) is 0 Å². The second kappa shape index (κ2) is 5.34. The molecule has 0 unspecified atom stereocenters. The summed E-state index contributed by atoms with van der Waals surface area (Å²) in [6.45, 7) is 2.81. The van der Waals surface area contributed by atoms with E-state index in [9.17, 15) is 9.90 Å². The van der Waals surface area contributed by atoms with Crippen LogP contribution in [0.25, 0.3) is 0 Å². The summed E-state index contributed by atoms with van der Waals surface area (Å²) in [5.41, 5.74) is 1.74. The Kier molecular flexibility index (Phi) is 3.53. The van der Waals surface area contributed by atoms with Gasteiger partial charge < -0.3 is 10.4 Å². The number of hydrogen-bond donors (Lipinski definition) is 2. The van der Waals surface area contributed by atoms with Crippen LogP contribution in [-0.4, -0.2) is 23.2 Å². The van der Waals surface area contributed by atoms with Gasteiger partial charge in [-0.1, -0.05) is 24.3 Å². The molecule has 0 spiro atoms. The van der Waals surface area contributed by atoms with Gasteiger partial charge in [-0.3, -0.25) is 4.79 Å². The van der Waals surface area contributed by atoms with Gasteiger partial charge in [0.1, 0.15) is 0 Å². The minimum Gasteiger partial charge on any atom is -0.390 e. The Morgan fingerprint density at radius 3 is 2.57 bits per heavy atom. The Hall–Kier alpha value is -1.35. The standard InChI is InChI=1S/C20H27NO2/c1-14-4-2-3-5-17(14)6-7-21-18(22)19-9-15-8-16(10-19)12-20(23,11-15)13-19/h2-5,15-16,23H,6-13H2,1H3,(H,21,22)/t15-,16-,19?,20?/m1/s1. The molecular formula is C20H27NO2. The third-order valence-corrected chi connectivity index (χ3v) is 6.45. The fraction of sp³-hybridized carbons (Fsp3) is 0.650. The number of aliphatic hydroxyl groups is 1. The van der Waals surface area contributed by atoms with Crippen molar-refractivity contribution in [3.05, 3.63) is 35.4 Å². The molecule has 4 saturated carbocycles. The number of carbonyl (C=O) groups is 1. The first kappa shape index (κ1) is 15.2. The van der Waals surface area contributed by atoms with Crippen molar-refractivity contribution in [3.63, 3.8) is 0 Å². The number of carbonyl (C=O) groups excluding carboxylic acids is 1. The van der Waals surface area contributed by atoms with Crippen LogP contribution in [0.3, 0.4) is 0 Å². The highest BCUT2D eigenvalue weighted by molar-refractivity contribution is 5.83. The highest BCUT2D eigenvalue weighted by Crippen LogP contribution is 2.61. The van der Waals surface area contributed by atoms with Crippen molar-refractivity contribution >= 4 is 5.91 Å². The van der Waals surface area contributed by atoms with E-state index in [-0.39, 0.29) is 11.3 Å². The minimum atomic E-state index is -0.558. The summed E-state index contributed by atoms with van der Waals surface area (Å²) in [4.78, 5) is 12.9. The van der Waals surface area contributed by atoms with Gasteiger partial charge >= 0.3 is 0 Å². The topological polar surface area (TPSA) is 49.3 Å². The van der Waals surface area contributed by atoms with Crippen molar-refractivity contribution in [3.8, 4) is 0 Å². The highest BCUT2D eigenvalue weighted by Gasteiger charge is 2.59. The van der Waals surface area contributed by atoms with E-state index < -0.39 is 5.60 Å². The predicted octanol–water partition coefficient (Wildman–Crippen LogP) is 2.99. The molecule has 4 aliphatic carbocycles. The molecule has 5 rings (SSSR count). The lowest BCUT2D eigenvalue weighted by Crippen LogP contribution is -2.60. The van der Waals surface area contributed by atoms with Gasteiger partial charge in [0.05, 0.1) is 11.0 Å². The van der Waals surface area contributed by atoms with Crippen molar-refractivity contribution < 1.29 is 9.90 Å². The SMILES string of the molecule is Cc1ccccc1CCNC(=O)C12C[C@H]3C[C@@H](CC(O)(C3)C1)C2. The van der Waals surface area contributed by atoms with Crippen LogP contribution < -0.4 is 5.32 Å². The molecule has 2 N–H and O–H groups in total. The van der Waals surface area contributed by atoms with E-state index in [1.165, 1.54) is 17.5 Å². The molecule has 124 valence electrons. The molecule has 0 saturated heterocycles. The van der Waals surface area contributed by atoms with Gasteiger partial charge in [0.2, 0.25) is 5.91 Å². The van der Waals surface area contributed by atoms with Crippen LogP contribution in [0.4, 0.5) is 0 Å². The van der Waals surface area contributed by atoms with Crippen LogP contribution in [0.5, 0.6) is 0 Å². The van der Waals surface area contributed by atoms with Gasteiger partial charge in [-0.05, 0) is 74.8 Å². The van der Waals surface area contributed by atoms with E-state index in [2.05, 4.69) is 30.4 Å². The quantitative estimate of drug-likeness (QED) is 0.898. The Morgan fingerprint density at radius 2 is 1.91 bits per heavy atom. The van der Waals surface area contributed by atoms with Crippen LogP contribution in [0, 0.1) is 24.2 Å². The van der Waals surface area contributed by atoms with Crippen LogP contribution in [-0.2, 0) is 11.2 Å². The summed E-state index contributed by atoms with van der Waals surface area (Å²) in [6, 6.07) is 8.35. The highest BCUT2D eigenvalue weighted by atomic mass is 16.3. The van der Waals surface area contributed by atoms with E-state index in [4.69, 9.17) is 0 Å². The van der Waals surface area contributed by atoms with Crippen molar-refractivity contribution in [1.82, 2.24) is 5.32 Å². The largest absolute Gasteiger partial charge is 0.390 e. The molecule has 1 amide bonds. The summed E-state index contributed by atoms with van der Waals surface area (Å²) in [6.07, 6.45) is 6.60. The molecule has 0 aliphatic heterocycles. The Balaban J connectivity index is 1.41. The van der Waals surface area contributed by atoms with E-state index in [0.29, 0.717) is 24.8 Å². The summed E-state index contributed by atoms with van der Waals surface area (Å²) >= 11 is 0. The van der Waals surface area contributed by atoms with Gasteiger partial charge in [-0.25, -0.2) is 0 Å². The zero-order valence-electron chi connectivity index (χ0n) is 14.0. The lowest BCUT2D eigenvalue weighted by atomic mass is 9.47. The summed E-state index contributed by atoms with van der Waals surface area (Å²) in [7, 11) is 0. The van der Waals surface area contributed by atoms with E-state index >= 15 is 0 Å². The molecule has 23 heavy (non-hydrogen) atoms. The molecule has 3 nitrogen and oxygen atoms in total. The normalized spacial score (nSPS) is 37.8. The number of rotatable bonds is 4. The molecule has 0 radical (unpaired) electrons. The van der Waals surface area contributed by atoms with Gasteiger partial charge in [0, 0.05) is 6.54 Å². The minimum absolute atomic E-state index is 0.193. The van der Waals surface area contributed by atoms with Crippen molar-refractivity contribution in [1.29, 1.82) is 0 Å². The molecule has 0 aromatic heterocycles. The maximum absolute atomic E-state index is 12.9. The number of amides is 1.